The molecule has 2 aromatic rings. The van der Waals surface area contributed by atoms with E-state index >= 15 is 0 Å². The first-order valence-corrected chi connectivity index (χ1v) is 6.90. The number of nitrogens with two attached hydrogens (primary N) is 1. The van der Waals surface area contributed by atoms with Crippen molar-refractivity contribution in [2.75, 3.05) is 11.1 Å². The van der Waals surface area contributed by atoms with E-state index in [1.165, 1.54) is 0 Å². The Morgan fingerprint density at radius 3 is 2.29 bits per heavy atom. The Balaban J connectivity index is 1.94. The van der Waals surface area contributed by atoms with Gasteiger partial charge in [0.2, 0.25) is 5.91 Å². The van der Waals surface area contributed by atoms with Gasteiger partial charge in [-0.15, -0.1) is 0 Å². The molecule has 4 heteroatoms. The number of carbonyl (C=O) groups excluding carboxylic acids is 1. The van der Waals surface area contributed by atoms with Crippen LogP contribution in [0.4, 0.5) is 11.4 Å². The first-order chi connectivity index (χ1) is 9.95. The average molecular weight is 284 g/mol. The van der Waals surface area contributed by atoms with Crippen LogP contribution in [0.5, 0.6) is 5.75 Å². The molecule has 0 aliphatic heterocycles. The molecule has 0 aliphatic rings. The van der Waals surface area contributed by atoms with Crippen molar-refractivity contribution in [2.24, 2.45) is 0 Å². The summed E-state index contributed by atoms with van der Waals surface area (Å²) in [4.78, 5) is 12.0. The topological polar surface area (TPSA) is 75.4 Å². The van der Waals surface area contributed by atoms with Gasteiger partial charge in [-0.25, -0.2) is 0 Å². The highest BCUT2D eigenvalue weighted by molar-refractivity contribution is 5.91. The van der Waals surface area contributed by atoms with Crippen molar-refractivity contribution in [3.8, 4) is 5.75 Å². The molecule has 0 fully saturated rings. The van der Waals surface area contributed by atoms with Gasteiger partial charge in [0.1, 0.15) is 5.75 Å². The molecule has 0 saturated heterocycles. The fourth-order valence-corrected chi connectivity index (χ4v) is 2.19. The van der Waals surface area contributed by atoms with Gasteiger partial charge < -0.3 is 16.2 Å². The van der Waals surface area contributed by atoms with Crippen LogP contribution >= 0.6 is 0 Å². The summed E-state index contributed by atoms with van der Waals surface area (Å²) in [6.07, 6.45) is 1.07. The molecule has 4 N–H and O–H groups in total. The molecule has 1 amide bonds. The molecule has 0 radical (unpaired) electrons. The van der Waals surface area contributed by atoms with Gasteiger partial charge >= 0.3 is 0 Å². The predicted octanol–water partition coefficient (Wildman–Crippen LogP) is 3.16. The molecule has 0 unspecified atom stereocenters. The van der Waals surface area contributed by atoms with Crippen LogP contribution in [0.15, 0.2) is 36.4 Å². The van der Waals surface area contributed by atoms with Crippen LogP contribution in [0.25, 0.3) is 0 Å². The summed E-state index contributed by atoms with van der Waals surface area (Å²) in [7, 11) is 0. The summed E-state index contributed by atoms with van der Waals surface area (Å²) in [6, 6.07) is 11.1. The Morgan fingerprint density at radius 1 is 1.14 bits per heavy atom. The van der Waals surface area contributed by atoms with Crippen molar-refractivity contribution in [3.63, 3.8) is 0 Å². The minimum atomic E-state index is -0.0451. The van der Waals surface area contributed by atoms with Crippen LogP contribution in [-0.2, 0) is 11.2 Å². The lowest BCUT2D eigenvalue weighted by Crippen LogP contribution is -2.12. The van der Waals surface area contributed by atoms with Gasteiger partial charge in [-0.05, 0) is 61.2 Å². The number of nitrogens with one attached hydrogen (secondary N) is 1. The van der Waals surface area contributed by atoms with Crippen LogP contribution in [0.3, 0.4) is 0 Å². The van der Waals surface area contributed by atoms with Crippen LogP contribution in [0.2, 0.25) is 0 Å². The highest BCUT2D eigenvalue weighted by Crippen LogP contribution is 2.25. The van der Waals surface area contributed by atoms with Gasteiger partial charge in [-0.3, -0.25) is 4.79 Å². The van der Waals surface area contributed by atoms with E-state index in [-0.39, 0.29) is 11.7 Å². The van der Waals surface area contributed by atoms with Gasteiger partial charge in [0.05, 0.1) is 0 Å². The minimum absolute atomic E-state index is 0.0451. The Labute approximate surface area is 124 Å². The maximum Gasteiger partial charge on any atom is 0.224 e. The monoisotopic (exact) mass is 284 g/mol. The number of rotatable bonds is 4. The second-order valence-corrected chi connectivity index (χ2v) is 5.25. The van der Waals surface area contributed by atoms with Gasteiger partial charge in [-0.2, -0.15) is 0 Å². The third-order valence-corrected chi connectivity index (χ3v) is 3.40. The predicted molar refractivity (Wildman–Crippen MR) is 85.4 cm³/mol. The lowest BCUT2D eigenvalue weighted by atomic mass is 10.1. The molecular formula is C17H20N2O2. The number of phenolic OH excluding ortho intramolecular Hbond substituents is 1. The number of nitrogen functional groups attached to an aromatic ring is 1. The zero-order chi connectivity index (χ0) is 15.4. The molecule has 0 heterocycles. The number of phenols is 1. The summed E-state index contributed by atoms with van der Waals surface area (Å²) in [5, 5.41) is 12.6. The first-order valence-electron chi connectivity index (χ1n) is 6.90. The summed E-state index contributed by atoms with van der Waals surface area (Å²) >= 11 is 0. The quantitative estimate of drug-likeness (QED) is 0.596. The smallest absolute Gasteiger partial charge is 0.224 e. The molecule has 2 rings (SSSR count). The number of carbonyl (C=O) groups is 1. The van der Waals surface area contributed by atoms with E-state index in [0.29, 0.717) is 18.5 Å². The molecule has 4 nitrogen and oxygen atoms in total. The second kappa shape index (κ2) is 6.31. The van der Waals surface area contributed by atoms with E-state index in [2.05, 4.69) is 5.32 Å². The summed E-state index contributed by atoms with van der Waals surface area (Å²) in [5.74, 6) is 0.228. The van der Waals surface area contributed by atoms with Crippen molar-refractivity contribution in [2.45, 2.75) is 26.7 Å². The number of anilines is 2. The Hall–Kier alpha value is -2.49. The number of benzene rings is 2. The lowest BCUT2D eigenvalue weighted by Gasteiger charge is -2.09. The largest absolute Gasteiger partial charge is 0.507 e. The third-order valence-electron chi connectivity index (χ3n) is 3.40. The Bertz CT molecular complexity index is 625. The number of amides is 1. The summed E-state index contributed by atoms with van der Waals surface area (Å²) < 4.78 is 0. The molecule has 110 valence electrons. The van der Waals surface area contributed by atoms with Crippen LogP contribution in [0.1, 0.15) is 23.1 Å². The molecule has 21 heavy (non-hydrogen) atoms. The van der Waals surface area contributed by atoms with Crippen molar-refractivity contribution in [1.29, 1.82) is 0 Å². The minimum Gasteiger partial charge on any atom is -0.507 e. The van der Waals surface area contributed by atoms with Gasteiger partial charge in [-0.1, -0.05) is 12.1 Å². The number of aryl methyl sites for hydroxylation is 3. The van der Waals surface area contributed by atoms with Crippen molar-refractivity contribution < 1.29 is 9.90 Å². The first kappa shape index (κ1) is 14.9. The fourth-order valence-electron chi connectivity index (χ4n) is 2.19. The van der Waals surface area contributed by atoms with E-state index < -0.39 is 0 Å². The van der Waals surface area contributed by atoms with Crippen LogP contribution in [0, 0.1) is 13.8 Å². The van der Waals surface area contributed by atoms with Crippen molar-refractivity contribution in [3.05, 3.63) is 53.1 Å². The van der Waals surface area contributed by atoms with E-state index in [1.807, 2.05) is 38.1 Å². The Kier molecular flexibility index (Phi) is 4.48. The molecule has 0 spiro atoms. The Morgan fingerprint density at radius 2 is 1.71 bits per heavy atom. The van der Waals surface area contributed by atoms with Gasteiger partial charge in [0.25, 0.3) is 0 Å². The van der Waals surface area contributed by atoms with Gasteiger partial charge in [0, 0.05) is 17.8 Å². The summed E-state index contributed by atoms with van der Waals surface area (Å²) in [6.45, 7) is 3.62. The SMILES string of the molecule is Cc1cc(NC(=O)CCc2ccc(N)cc2)cc(C)c1O. The van der Waals surface area contributed by atoms with Crippen LogP contribution < -0.4 is 11.1 Å². The van der Waals surface area contributed by atoms with E-state index in [0.717, 1.165) is 22.4 Å². The summed E-state index contributed by atoms with van der Waals surface area (Å²) in [5.41, 5.74) is 9.65. The zero-order valence-electron chi connectivity index (χ0n) is 12.3. The van der Waals surface area contributed by atoms with Crippen molar-refractivity contribution >= 4 is 17.3 Å². The van der Waals surface area contributed by atoms with E-state index in [1.54, 1.807) is 12.1 Å². The number of hydrogen-bond donors (Lipinski definition) is 3. The standard InChI is InChI=1S/C17H20N2O2/c1-11-9-15(10-12(2)17(11)21)19-16(20)8-5-13-3-6-14(18)7-4-13/h3-4,6-7,9-10,21H,5,8,18H2,1-2H3,(H,19,20). The fraction of sp³-hybridized carbons (Fsp3) is 0.235. The lowest BCUT2D eigenvalue weighted by molar-refractivity contribution is -0.116. The number of hydrogen-bond acceptors (Lipinski definition) is 3. The maximum absolute atomic E-state index is 12.0. The highest BCUT2D eigenvalue weighted by atomic mass is 16.3. The molecule has 0 aromatic heterocycles. The third kappa shape index (κ3) is 3.99. The van der Waals surface area contributed by atoms with E-state index in [9.17, 15) is 9.90 Å². The molecule has 0 aliphatic carbocycles. The molecule has 0 atom stereocenters. The molecule has 0 saturated carbocycles. The molecular weight excluding hydrogens is 264 g/mol. The van der Waals surface area contributed by atoms with Crippen LogP contribution in [-0.4, -0.2) is 11.0 Å². The molecule has 2 aromatic carbocycles. The zero-order valence-corrected chi connectivity index (χ0v) is 12.3. The molecule has 0 bridgehead atoms. The maximum atomic E-state index is 12.0. The number of aromatic hydroxyl groups is 1. The second-order valence-electron chi connectivity index (χ2n) is 5.25. The average Bonchev–Trinajstić information content (AvgIpc) is 2.44. The normalized spacial score (nSPS) is 10.4. The highest BCUT2D eigenvalue weighted by Gasteiger charge is 2.07. The van der Waals surface area contributed by atoms with Gasteiger partial charge in [0.15, 0.2) is 0 Å². The van der Waals surface area contributed by atoms with E-state index in [4.69, 9.17) is 5.73 Å². The van der Waals surface area contributed by atoms with Crippen molar-refractivity contribution in [1.82, 2.24) is 0 Å².